The van der Waals surface area contributed by atoms with Crippen LogP contribution >= 0.6 is 0 Å². The van der Waals surface area contributed by atoms with Gasteiger partial charge in [0.05, 0.1) is 0 Å². The fourth-order valence-electron chi connectivity index (χ4n) is 2.63. The van der Waals surface area contributed by atoms with Gasteiger partial charge in [-0.2, -0.15) is 0 Å². The number of nitrogens with zero attached hydrogens (tertiary/aromatic N) is 2. The molecule has 0 atom stereocenters. The van der Waals surface area contributed by atoms with Gasteiger partial charge in [-0.05, 0) is 62.1 Å². The third-order valence-corrected chi connectivity index (χ3v) is 3.89. The van der Waals surface area contributed by atoms with Crippen molar-refractivity contribution in [3.8, 4) is 11.5 Å². The molecule has 0 unspecified atom stereocenters. The van der Waals surface area contributed by atoms with Gasteiger partial charge < -0.3 is 30.0 Å². The molecule has 2 rings (SSSR count). The average molecular weight is 515 g/mol. The van der Waals surface area contributed by atoms with Gasteiger partial charge >= 0.3 is 16.8 Å². The predicted molar refractivity (Wildman–Crippen MR) is 126 cm³/mol. The van der Waals surface area contributed by atoms with E-state index in [1.54, 1.807) is 24.6 Å². The summed E-state index contributed by atoms with van der Waals surface area (Å²) in [5.74, 6) is -1.73. The van der Waals surface area contributed by atoms with E-state index in [0.717, 1.165) is 39.5 Å². The van der Waals surface area contributed by atoms with Crippen LogP contribution in [-0.2, 0) is 39.2 Å². The van der Waals surface area contributed by atoms with Gasteiger partial charge in [0, 0.05) is 35.5 Å². The molecule has 0 fully saturated rings. The monoisotopic (exact) mass is 515 g/mol. The van der Waals surface area contributed by atoms with E-state index in [4.69, 9.17) is 19.8 Å². The molecule has 0 saturated heterocycles. The molecular formula is C25H32CoN2O6. The molecule has 0 aromatic heterocycles. The van der Waals surface area contributed by atoms with E-state index >= 15 is 0 Å². The molecule has 2 aromatic rings. The molecule has 0 heterocycles. The summed E-state index contributed by atoms with van der Waals surface area (Å²) in [7, 11) is 0. The van der Waals surface area contributed by atoms with Gasteiger partial charge in [0.15, 0.2) is 0 Å². The maximum atomic E-state index is 9.89. The Morgan fingerprint density at radius 3 is 1.41 bits per heavy atom. The minimum Gasteiger partial charge on any atom is -0.550 e. The number of benzene rings is 2. The standard InChI is InChI=1S/C21H26N2O2.2C2H4O2.Co/c1-3-5-16-7-9-20(24)18(11-16)13-22-15-23-14-19-12-17(6-4-2)8-10-21(19)25;2*1-2(3)4;/h7-14,24-25H,3-6,15H2,1-2H3;2*1H3,(H,3,4);/q;;;+2/p-2. The van der Waals surface area contributed by atoms with Crippen molar-refractivity contribution in [1.29, 1.82) is 0 Å². The molecule has 187 valence electrons. The van der Waals surface area contributed by atoms with Gasteiger partial charge in [0.1, 0.15) is 18.2 Å². The second-order valence-electron chi connectivity index (χ2n) is 7.03. The fourth-order valence-corrected chi connectivity index (χ4v) is 2.63. The van der Waals surface area contributed by atoms with E-state index in [0.29, 0.717) is 11.1 Å². The van der Waals surface area contributed by atoms with Gasteiger partial charge in [0.25, 0.3) is 0 Å². The summed E-state index contributed by atoms with van der Waals surface area (Å²) in [6.07, 6.45) is 7.36. The van der Waals surface area contributed by atoms with Crippen LogP contribution in [0.25, 0.3) is 0 Å². The topological polar surface area (TPSA) is 145 Å². The average Bonchev–Trinajstić information content (AvgIpc) is 2.71. The number of phenolic OH excluding ortho intramolecular Hbond substituents is 2. The van der Waals surface area contributed by atoms with Crippen LogP contribution in [0.5, 0.6) is 11.5 Å². The Labute approximate surface area is 211 Å². The van der Waals surface area contributed by atoms with Crippen molar-refractivity contribution in [2.24, 2.45) is 9.98 Å². The van der Waals surface area contributed by atoms with Crippen molar-refractivity contribution >= 4 is 24.4 Å². The van der Waals surface area contributed by atoms with Crippen LogP contribution in [0.15, 0.2) is 46.4 Å². The molecule has 0 aliphatic heterocycles. The number of carboxylic acid groups (broad SMARTS) is 2. The summed E-state index contributed by atoms with van der Waals surface area (Å²) in [6.45, 7) is 6.44. The molecule has 2 aromatic carbocycles. The molecule has 0 spiro atoms. The van der Waals surface area contributed by atoms with Crippen LogP contribution in [-0.4, -0.2) is 41.2 Å². The smallest absolute Gasteiger partial charge is 0.550 e. The molecule has 1 radical (unpaired) electrons. The molecule has 0 aliphatic carbocycles. The summed E-state index contributed by atoms with van der Waals surface area (Å²) >= 11 is 0. The van der Waals surface area contributed by atoms with Crippen LogP contribution in [0.2, 0.25) is 0 Å². The number of carbonyl (C=O) groups is 2. The SMILES string of the molecule is CC(=O)[O-].CC(=O)[O-].CCCc1ccc(O)c(C=NCN=Cc2cc(CCC)ccc2O)c1.[Co+2]. The Kier molecular flexibility index (Phi) is 18.7. The van der Waals surface area contributed by atoms with E-state index in [1.165, 1.54) is 11.1 Å². The van der Waals surface area contributed by atoms with E-state index in [2.05, 4.69) is 23.8 Å². The number of hydrogen-bond acceptors (Lipinski definition) is 8. The largest absolute Gasteiger partial charge is 2.00 e. The molecular weight excluding hydrogens is 483 g/mol. The zero-order valence-electron chi connectivity index (χ0n) is 19.9. The van der Waals surface area contributed by atoms with Crippen molar-refractivity contribution < 1.29 is 46.8 Å². The molecule has 0 saturated carbocycles. The number of aromatic hydroxyl groups is 2. The summed E-state index contributed by atoms with van der Waals surface area (Å²) in [5, 5.41) is 37.6. The van der Waals surface area contributed by atoms with Gasteiger partial charge in [-0.25, -0.2) is 0 Å². The minimum absolute atomic E-state index is 0. The number of aryl methyl sites for hydroxylation is 2. The number of phenols is 2. The Balaban J connectivity index is 0. The molecule has 0 aliphatic rings. The van der Waals surface area contributed by atoms with Crippen molar-refractivity contribution in [1.82, 2.24) is 0 Å². The molecule has 8 nitrogen and oxygen atoms in total. The predicted octanol–water partition coefficient (Wildman–Crippen LogP) is 2.01. The van der Waals surface area contributed by atoms with Crippen LogP contribution in [0.4, 0.5) is 0 Å². The maximum Gasteiger partial charge on any atom is 2.00 e. The van der Waals surface area contributed by atoms with E-state index in [-0.39, 0.29) is 34.9 Å². The number of rotatable bonds is 8. The van der Waals surface area contributed by atoms with Gasteiger partial charge in [-0.3, -0.25) is 9.98 Å². The van der Waals surface area contributed by atoms with Gasteiger partial charge in [-0.15, -0.1) is 0 Å². The summed E-state index contributed by atoms with van der Waals surface area (Å²) in [6, 6.07) is 11.2. The van der Waals surface area contributed by atoms with Crippen molar-refractivity contribution in [2.75, 3.05) is 6.67 Å². The number of aliphatic carboxylic acids is 2. The van der Waals surface area contributed by atoms with Crippen molar-refractivity contribution in [2.45, 2.75) is 53.4 Å². The Morgan fingerprint density at radius 1 is 0.794 bits per heavy atom. The van der Waals surface area contributed by atoms with Crippen LogP contribution in [0.3, 0.4) is 0 Å². The first-order chi connectivity index (χ1) is 15.6. The van der Waals surface area contributed by atoms with Crippen LogP contribution in [0.1, 0.15) is 62.8 Å². The number of carboxylic acids is 2. The molecule has 9 heteroatoms. The number of aliphatic imine (C=N–C) groups is 2. The van der Waals surface area contributed by atoms with E-state index in [1.807, 2.05) is 24.3 Å². The molecule has 0 bridgehead atoms. The normalized spacial score (nSPS) is 10.0. The zero-order chi connectivity index (χ0) is 25.2. The van der Waals surface area contributed by atoms with Gasteiger partial charge in [0.2, 0.25) is 0 Å². The quantitative estimate of drug-likeness (QED) is 0.515. The first kappa shape index (κ1) is 33.0. The zero-order valence-corrected chi connectivity index (χ0v) is 21.0. The summed E-state index contributed by atoms with van der Waals surface area (Å²) in [4.78, 5) is 26.3. The summed E-state index contributed by atoms with van der Waals surface area (Å²) in [5.41, 5.74) is 3.77. The second-order valence-corrected chi connectivity index (χ2v) is 7.03. The number of hydrogen-bond donors (Lipinski definition) is 2. The van der Waals surface area contributed by atoms with E-state index < -0.39 is 11.9 Å². The Bertz CT molecular complexity index is 861. The third-order valence-electron chi connectivity index (χ3n) is 3.89. The first-order valence-electron chi connectivity index (χ1n) is 10.6. The van der Waals surface area contributed by atoms with Crippen molar-refractivity contribution in [3.63, 3.8) is 0 Å². The Morgan fingerprint density at radius 2 is 1.12 bits per heavy atom. The minimum atomic E-state index is -1.08. The van der Waals surface area contributed by atoms with Crippen molar-refractivity contribution in [3.05, 3.63) is 58.7 Å². The molecule has 0 amide bonds. The van der Waals surface area contributed by atoms with E-state index in [9.17, 15) is 10.2 Å². The maximum absolute atomic E-state index is 9.89. The summed E-state index contributed by atoms with van der Waals surface area (Å²) < 4.78 is 0. The van der Waals surface area contributed by atoms with Gasteiger partial charge in [-0.1, -0.05) is 38.8 Å². The number of carbonyl (C=O) groups excluding carboxylic acids is 2. The van der Waals surface area contributed by atoms with Crippen LogP contribution < -0.4 is 10.2 Å². The van der Waals surface area contributed by atoms with Crippen LogP contribution in [0, 0.1) is 0 Å². The Hall–Kier alpha value is -3.17. The first-order valence-corrected chi connectivity index (χ1v) is 10.6. The fraction of sp³-hybridized carbons (Fsp3) is 0.360. The second kappa shape index (κ2) is 19.3. The molecule has 34 heavy (non-hydrogen) atoms. The third kappa shape index (κ3) is 16.5. The molecule has 2 N–H and O–H groups in total.